The standard InChI is InChI=1S/C71H46N2O2/c1-43-19-15-29-54-56-31-17-35-62(69(56)74-67(43)54)72(46-21-5-3-6-22-46)48-38-40-49-45(41-48)37-39-58-65-53-28-10-9-27-52(53)64(42-61(65)71(66(49)58)59-33-13-11-25-50(59)51-26-12-14-34-60(51)71)73(47-23-7-4-8-24-47)63-36-18-32-57-55-30-16-20-44(2)68(55)75-70(57)63/h3-42H,1-2H3. The Morgan fingerprint density at radius 3 is 1.41 bits per heavy atom. The first kappa shape index (κ1) is 41.9. The van der Waals surface area contributed by atoms with Crippen LogP contribution in [-0.2, 0) is 5.41 Å². The van der Waals surface area contributed by atoms with Gasteiger partial charge in [-0.05, 0) is 140 Å². The van der Waals surface area contributed by atoms with Gasteiger partial charge in [-0.25, -0.2) is 0 Å². The van der Waals surface area contributed by atoms with Crippen LogP contribution in [0.3, 0.4) is 0 Å². The van der Waals surface area contributed by atoms with Gasteiger partial charge in [0.2, 0.25) is 0 Å². The van der Waals surface area contributed by atoms with Crippen molar-refractivity contribution < 1.29 is 8.83 Å². The summed E-state index contributed by atoms with van der Waals surface area (Å²) in [6.45, 7) is 4.26. The minimum Gasteiger partial charge on any atom is -0.454 e. The number of para-hydroxylation sites is 6. The summed E-state index contributed by atoms with van der Waals surface area (Å²) in [6, 6.07) is 89.2. The molecule has 2 aliphatic carbocycles. The Labute approximate surface area is 433 Å². The van der Waals surface area contributed by atoms with E-state index in [0.29, 0.717) is 0 Å². The quantitative estimate of drug-likeness (QED) is 0.166. The fraction of sp³-hybridized carbons (Fsp3) is 0.0423. The van der Waals surface area contributed by atoms with E-state index < -0.39 is 5.41 Å². The third-order valence-corrected chi connectivity index (χ3v) is 16.4. The number of aryl methyl sites for hydroxylation is 2. The van der Waals surface area contributed by atoms with Crippen LogP contribution in [0.2, 0.25) is 0 Å². The minimum absolute atomic E-state index is 0.667. The van der Waals surface area contributed by atoms with Crippen LogP contribution in [0.4, 0.5) is 34.1 Å². The van der Waals surface area contributed by atoms with E-state index in [4.69, 9.17) is 8.83 Å². The molecule has 2 aromatic heterocycles. The van der Waals surface area contributed by atoms with E-state index in [1.54, 1.807) is 0 Å². The first-order valence-electron chi connectivity index (χ1n) is 25.9. The number of fused-ring (bicyclic) bond motifs is 20. The van der Waals surface area contributed by atoms with Gasteiger partial charge in [0, 0.05) is 44.0 Å². The van der Waals surface area contributed by atoms with Gasteiger partial charge in [0.25, 0.3) is 0 Å². The van der Waals surface area contributed by atoms with Gasteiger partial charge in [0.05, 0.1) is 22.5 Å². The summed E-state index contributed by atoms with van der Waals surface area (Å²) in [5.41, 5.74) is 21.6. The molecule has 16 rings (SSSR count). The second-order valence-corrected chi connectivity index (χ2v) is 20.4. The van der Waals surface area contributed by atoms with E-state index in [-0.39, 0.29) is 0 Å². The Kier molecular flexibility index (Phi) is 8.77. The molecule has 0 bridgehead atoms. The third-order valence-electron chi connectivity index (χ3n) is 16.4. The van der Waals surface area contributed by atoms with Gasteiger partial charge in [-0.15, -0.1) is 0 Å². The Morgan fingerprint density at radius 2 is 0.800 bits per heavy atom. The highest BCUT2D eigenvalue weighted by Gasteiger charge is 2.53. The molecular weight excluding hydrogens is 913 g/mol. The number of furan rings is 2. The normalized spacial score (nSPS) is 13.0. The maximum Gasteiger partial charge on any atom is 0.159 e. The minimum atomic E-state index is -0.667. The van der Waals surface area contributed by atoms with Crippen molar-refractivity contribution in [3.05, 3.63) is 276 Å². The summed E-state index contributed by atoms with van der Waals surface area (Å²) in [4.78, 5) is 4.80. The highest BCUT2D eigenvalue weighted by Crippen LogP contribution is 2.66. The van der Waals surface area contributed by atoms with Crippen LogP contribution in [-0.4, -0.2) is 0 Å². The molecule has 14 aromatic rings. The molecule has 0 radical (unpaired) electrons. The molecule has 4 nitrogen and oxygen atoms in total. The number of anilines is 6. The van der Waals surface area contributed by atoms with Crippen molar-refractivity contribution in [2.45, 2.75) is 19.3 Å². The van der Waals surface area contributed by atoms with E-state index in [2.05, 4.69) is 266 Å². The van der Waals surface area contributed by atoms with E-state index in [9.17, 15) is 0 Å². The van der Waals surface area contributed by atoms with E-state index in [1.165, 1.54) is 55.3 Å². The summed E-state index contributed by atoms with van der Waals surface area (Å²) in [6.07, 6.45) is 0. The summed E-state index contributed by atoms with van der Waals surface area (Å²) in [5, 5.41) is 9.20. The van der Waals surface area contributed by atoms with Crippen LogP contribution in [0.25, 0.3) is 87.7 Å². The fourth-order valence-electron chi connectivity index (χ4n) is 13.4. The Morgan fingerprint density at radius 1 is 0.307 bits per heavy atom. The average molecular weight is 959 g/mol. The fourth-order valence-corrected chi connectivity index (χ4v) is 13.4. The third kappa shape index (κ3) is 5.71. The molecule has 0 N–H and O–H groups in total. The molecule has 2 heterocycles. The lowest BCUT2D eigenvalue weighted by Gasteiger charge is -2.33. The lowest BCUT2D eigenvalue weighted by Crippen LogP contribution is -2.26. The van der Waals surface area contributed by atoms with Gasteiger partial charge in [0.1, 0.15) is 11.2 Å². The number of hydrogen-bond donors (Lipinski definition) is 0. The highest BCUT2D eigenvalue weighted by atomic mass is 16.3. The van der Waals surface area contributed by atoms with E-state index >= 15 is 0 Å². The van der Waals surface area contributed by atoms with Crippen LogP contribution in [0, 0.1) is 13.8 Å². The second kappa shape index (κ2) is 15.7. The summed E-state index contributed by atoms with van der Waals surface area (Å²) in [7, 11) is 0. The van der Waals surface area contributed by atoms with Gasteiger partial charge in [0.15, 0.2) is 11.2 Å². The molecule has 75 heavy (non-hydrogen) atoms. The first-order chi connectivity index (χ1) is 37.1. The molecule has 0 unspecified atom stereocenters. The first-order valence-corrected chi connectivity index (χ1v) is 25.9. The van der Waals surface area contributed by atoms with E-state index in [0.717, 1.165) is 99.9 Å². The Balaban J connectivity index is 0.988. The zero-order chi connectivity index (χ0) is 49.5. The van der Waals surface area contributed by atoms with Gasteiger partial charge >= 0.3 is 0 Å². The lowest BCUT2D eigenvalue weighted by molar-refractivity contribution is 0.665. The van der Waals surface area contributed by atoms with Gasteiger partial charge in [-0.2, -0.15) is 0 Å². The number of hydrogen-bond acceptors (Lipinski definition) is 4. The molecule has 0 atom stereocenters. The maximum absolute atomic E-state index is 7.00. The van der Waals surface area contributed by atoms with Crippen LogP contribution >= 0.6 is 0 Å². The van der Waals surface area contributed by atoms with Crippen LogP contribution < -0.4 is 9.80 Å². The predicted molar refractivity (Wildman–Crippen MR) is 311 cm³/mol. The van der Waals surface area contributed by atoms with Crippen LogP contribution in [0.1, 0.15) is 33.4 Å². The molecule has 4 heteroatoms. The lowest BCUT2D eigenvalue weighted by atomic mass is 9.69. The topological polar surface area (TPSA) is 32.8 Å². The second-order valence-electron chi connectivity index (χ2n) is 20.4. The smallest absolute Gasteiger partial charge is 0.159 e. The van der Waals surface area contributed by atoms with E-state index in [1.807, 2.05) is 0 Å². The molecule has 0 fully saturated rings. The predicted octanol–water partition coefficient (Wildman–Crippen LogP) is 19.7. The van der Waals surface area contributed by atoms with Crippen molar-refractivity contribution in [2.24, 2.45) is 0 Å². The van der Waals surface area contributed by atoms with Crippen molar-refractivity contribution in [2.75, 3.05) is 9.80 Å². The molecule has 0 saturated carbocycles. The van der Waals surface area contributed by atoms with Gasteiger partial charge < -0.3 is 18.6 Å². The van der Waals surface area contributed by atoms with Crippen molar-refractivity contribution in [1.82, 2.24) is 0 Å². The monoisotopic (exact) mass is 958 g/mol. The summed E-state index contributed by atoms with van der Waals surface area (Å²) in [5.74, 6) is 0. The Bertz CT molecular complexity index is 4650. The molecule has 12 aromatic carbocycles. The van der Waals surface area contributed by atoms with Gasteiger partial charge in [-0.1, -0.05) is 188 Å². The largest absolute Gasteiger partial charge is 0.454 e. The molecule has 1 spiro atoms. The number of rotatable bonds is 6. The van der Waals surface area contributed by atoms with Crippen molar-refractivity contribution in [3.8, 4) is 22.3 Å². The number of benzene rings is 12. The maximum atomic E-state index is 7.00. The molecule has 0 saturated heterocycles. The molecule has 0 aliphatic heterocycles. The molecular formula is C71H46N2O2. The molecule has 0 amide bonds. The zero-order valence-corrected chi connectivity index (χ0v) is 41.3. The summed E-state index contributed by atoms with van der Waals surface area (Å²) < 4.78 is 13.9. The molecule has 2 aliphatic rings. The SMILES string of the molecule is Cc1cccc2c1oc1c(N(c3ccccc3)c3ccc4c5c(ccc4c3)-c3c(cc(N(c4ccccc4)c4cccc6c4oc4c(C)cccc46)c4ccccc34)C53c4ccccc4-c4ccccc43)cccc12. The number of nitrogens with zero attached hydrogens (tertiary/aromatic N) is 2. The van der Waals surface area contributed by atoms with Crippen LogP contribution in [0.5, 0.6) is 0 Å². The van der Waals surface area contributed by atoms with Crippen molar-refractivity contribution in [3.63, 3.8) is 0 Å². The highest BCUT2D eigenvalue weighted by molar-refractivity contribution is 6.18. The summed E-state index contributed by atoms with van der Waals surface area (Å²) >= 11 is 0. The van der Waals surface area contributed by atoms with Crippen LogP contribution in [0.15, 0.2) is 251 Å². The Hall–Kier alpha value is -9.64. The average Bonchev–Trinajstić information content (AvgIpc) is 4.26. The van der Waals surface area contributed by atoms with Gasteiger partial charge in [-0.3, -0.25) is 0 Å². The molecule has 352 valence electrons. The van der Waals surface area contributed by atoms with Crippen molar-refractivity contribution in [1.29, 1.82) is 0 Å². The zero-order valence-electron chi connectivity index (χ0n) is 41.3. The van der Waals surface area contributed by atoms with Crippen molar-refractivity contribution >= 4 is 99.5 Å².